The number of nitrogens with zero attached hydrogens (tertiary/aromatic N) is 1. The third kappa shape index (κ3) is 6.85. The van der Waals surface area contributed by atoms with Gasteiger partial charge >= 0.3 is 0 Å². The number of nitrogens with two attached hydrogens (primary N) is 1. The summed E-state index contributed by atoms with van der Waals surface area (Å²) in [6.07, 6.45) is 10.5. The first kappa shape index (κ1) is 8.85. The second-order valence-corrected chi connectivity index (χ2v) is 1.53. The number of allylic oxidation sites excluding steroid dienone is 3. The summed E-state index contributed by atoms with van der Waals surface area (Å²) in [7, 11) is 0. The summed E-state index contributed by atoms with van der Waals surface area (Å²) in [6, 6.07) is 0. The van der Waals surface area contributed by atoms with Crippen molar-refractivity contribution in [2.24, 2.45) is 10.7 Å². The van der Waals surface area contributed by atoms with Gasteiger partial charge in [-0.25, -0.2) is 0 Å². The standard InChI is InChI=1S/C8H12N2/c1-2-10-8-6-4-3-5-7-9/h2-6,8H,1,7,9H2. The van der Waals surface area contributed by atoms with Gasteiger partial charge in [0.1, 0.15) is 0 Å². The van der Waals surface area contributed by atoms with E-state index in [1.165, 1.54) is 6.20 Å². The van der Waals surface area contributed by atoms with E-state index in [1.54, 1.807) is 6.21 Å². The summed E-state index contributed by atoms with van der Waals surface area (Å²) in [4.78, 5) is 3.76. The molecule has 0 aliphatic rings. The fourth-order valence-corrected chi connectivity index (χ4v) is 0.382. The van der Waals surface area contributed by atoms with Crippen molar-refractivity contribution in [3.05, 3.63) is 37.1 Å². The van der Waals surface area contributed by atoms with E-state index < -0.39 is 0 Å². The molecule has 0 amide bonds. The number of aliphatic imine (C=N–C) groups is 1. The van der Waals surface area contributed by atoms with Crippen LogP contribution in [0.3, 0.4) is 0 Å². The molecule has 0 radical (unpaired) electrons. The largest absolute Gasteiger partial charge is 0.327 e. The Morgan fingerprint density at radius 1 is 1.30 bits per heavy atom. The number of hydrogen-bond donors (Lipinski definition) is 1. The van der Waals surface area contributed by atoms with Crippen LogP contribution in [0.2, 0.25) is 0 Å². The van der Waals surface area contributed by atoms with E-state index in [2.05, 4.69) is 11.6 Å². The van der Waals surface area contributed by atoms with Crippen molar-refractivity contribution < 1.29 is 0 Å². The average molecular weight is 136 g/mol. The van der Waals surface area contributed by atoms with Crippen molar-refractivity contribution >= 4 is 6.21 Å². The van der Waals surface area contributed by atoms with Crippen molar-refractivity contribution in [3.8, 4) is 0 Å². The molecular formula is C8H12N2. The molecule has 2 nitrogen and oxygen atoms in total. The van der Waals surface area contributed by atoms with Crippen LogP contribution in [0.1, 0.15) is 0 Å². The van der Waals surface area contributed by atoms with Gasteiger partial charge in [-0.05, 0) is 6.08 Å². The van der Waals surface area contributed by atoms with E-state index in [0.29, 0.717) is 6.54 Å². The molecular weight excluding hydrogens is 124 g/mol. The smallest absolute Gasteiger partial charge is 0.0267 e. The first-order valence-corrected chi connectivity index (χ1v) is 3.07. The Kier molecular flexibility index (Phi) is 6.95. The van der Waals surface area contributed by atoms with Gasteiger partial charge in [0.15, 0.2) is 0 Å². The lowest BCUT2D eigenvalue weighted by Crippen LogP contribution is -1.91. The van der Waals surface area contributed by atoms with Crippen LogP contribution < -0.4 is 5.73 Å². The van der Waals surface area contributed by atoms with Crippen LogP contribution in [-0.4, -0.2) is 12.8 Å². The molecule has 0 aromatic heterocycles. The zero-order valence-corrected chi connectivity index (χ0v) is 5.90. The highest BCUT2D eigenvalue weighted by Gasteiger charge is 1.61. The first-order chi connectivity index (χ1) is 4.91. The molecule has 2 N–H and O–H groups in total. The Balaban J connectivity index is 3.46. The van der Waals surface area contributed by atoms with Crippen LogP contribution in [0.4, 0.5) is 0 Å². The van der Waals surface area contributed by atoms with Crippen molar-refractivity contribution in [1.29, 1.82) is 0 Å². The van der Waals surface area contributed by atoms with Crippen LogP contribution >= 0.6 is 0 Å². The topological polar surface area (TPSA) is 38.4 Å². The van der Waals surface area contributed by atoms with Gasteiger partial charge in [-0.2, -0.15) is 0 Å². The van der Waals surface area contributed by atoms with Crippen molar-refractivity contribution in [1.82, 2.24) is 0 Å². The van der Waals surface area contributed by atoms with Crippen LogP contribution in [0, 0.1) is 0 Å². The highest BCUT2D eigenvalue weighted by molar-refractivity contribution is 5.71. The predicted octanol–water partition coefficient (Wildman–Crippen LogP) is 1.27. The van der Waals surface area contributed by atoms with Crippen LogP contribution in [0.5, 0.6) is 0 Å². The second kappa shape index (κ2) is 7.85. The molecule has 0 aliphatic heterocycles. The summed E-state index contributed by atoms with van der Waals surface area (Å²) in [6.45, 7) is 4.00. The minimum absolute atomic E-state index is 0.572. The SMILES string of the molecule is C=CN=CC=CC=CCN. The molecule has 0 heterocycles. The highest BCUT2D eigenvalue weighted by atomic mass is 14.6. The van der Waals surface area contributed by atoms with Gasteiger partial charge in [-0.1, -0.05) is 24.8 Å². The molecule has 0 rings (SSSR count). The van der Waals surface area contributed by atoms with E-state index in [1.807, 2.05) is 24.3 Å². The van der Waals surface area contributed by atoms with Crippen LogP contribution in [-0.2, 0) is 0 Å². The normalized spacial score (nSPS) is 12.1. The molecule has 0 atom stereocenters. The molecule has 2 heteroatoms. The molecule has 0 aromatic carbocycles. The van der Waals surface area contributed by atoms with E-state index in [4.69, 9.17) is 5.73 Å². The summed E-state index contributed by atoms with van der Waals surface area (Å²) in [5.74, 6) is 0. The lowest BCUT2D eigenvalue weighted by Gasteiger charge is -1.73. The third-order valence-electron chi connectivity index (χ3n) is 0.772. The van der Waals surface area contributed by atoms with Gasteiger partial charge in [0.25, 0.3) is 0 Å². The Labute approximate surface area is 61.5 Å². The maximum Gasteiger partial charge on any atom is 0.0267 e. The van der Waals surface area contributed by atoms with Gasteiger partial charge in [0, 0.05) is 19.0 Å². The summed E-state index contributed by atoms with van der Waals surface area (Å²) >= 11 is 0. The van der Waals surface area contributed by atoms with Gasteiger partial charge in [-0.3, -0.25) is 4.99 Å². The molecule has 0 spiro atoms. The predicted molar refractivity (Wildman–Crippen MR) is 46.0 cm³/mol. The van der Waals surface area contributed by atoms with E-state index in [9.17, 15) is 0 Å². The fourth-order valence-electron chi connectivity index (χ4n) is 0.382. The van der Waals surface area contributed by atoms with E-state index >= 15 is 0 Å². The van der Waals surface area contributed by atoms with E-state index in [0.717, 1.165) is 0 Å². The Bertz CT molecular complexity index is 155. The zero-order chi connectivity index (χ0) is 7.66. The zero-order valence-electron chi connectivity index (χ0n) is 5.90. The van der Waals surface area contributed by atoms with Crippen molar-refractivity contribution in [2.45, 2.75) is 0 Å². The summed E-state index contributed by atoms with van der Waals surface area (Å²) < 4.78 is 0. The average Bonchev–Trinajstić information content (AvgIpc) is 1.97. The Morgan fingerprint density at radius 2 is 2.10 bits per heavy atom. The Morgan fingerprint density at radius 3 is 2.70 bits per heavy atom. The molecule has 0 saturated heterocycles. The summed E-state index contributed by atoms with van der Waals surface area (Å²) in [5, 5.41) is 0. The minimum atomic E-state index is 0.572. The lowest BCUT2D eigenvalue weighted by atomic mass is 10.4. The van der Waals surface area contributed by atoms with Crippen LogP contribution in [0.25, 0.3) is 0 Å². The van der Waals surface area contributed by atoms with E-state index in [-0.39, 0.29) is 0 Å². The molecule has 0 aromatic rings. The number of rotatable bonds is 4. The molecule has 0 fully saturated rings. The van der Waals surface area contributed by atoms with Crippen molar-refractivity contribution in [3.63, 3.8) is 0 Å². The highest BCUT2D eigenvalue weighted by Crippen LogP contribution is 1.73. The molecule has 54 valence electrons. The third-order valence-corrected chi connectivity index (χ3v) is 0.772. The van der Waals surface area contributed by atoms with Gasteiger partial charge in [0.2, 0.25) is 0 Å². The summed E-state index contributed by atoms with van der Waals surface area (Å²) in [5.41, 5.74) is 5.20. The van der Waals surface area contributed by atoms with Gasteiger partial charge in [-0.15, -0.1) is 0 Å². The van der Waals surface area contributed by atoms with Crippen molar-refractivity contribution in [2.75, 3.05) is 6.54 Å². The van der Waals surface area contributed by atoms with Gasteiger partial charge < -0.3 is 5.73 Å². The quantitative estimate of drug-likeness (QED) is 0.458. The maximum atomic E-state index is 5.20. The first-order valence-electron chi connectivity index (χ1n) is 3.07. The number of hydrogen-bond acceptors (Lipinski definition) is 2. The molecule has 0 aliphatic carbocycles. The molecule has 10 heavy (non-hydrogen) atoms. The minimum Gasteiger partial charge on any atom is -0.327 e. The Hall–Kier alpha value is -1.15. The lowest BCUT2D eigenvalue weighted by molar-refractivity contribution is 1.25. The monoisotopic (exact) mass is 136 g/mol. The van der Waals surface area contributed by atoms with Crippen LogP contribution in [0.15, 0.2) is 42.1 Å². The molecule has 0 unspecified atom stereocenters. The molecule has 0 saturated carbocycles. The fraction of sp³-hybridized carbons (Fsp3) is 0.125. The second-order valence-electron chi connectivity index (χ2n) is 1.53. The maximum absolute atomic E-state index is 5.20. The van der Waals surface area contributed by atoms with Gasteiger partial charge in [0.05, 0.1) is 0 Å². The molecule has 0 bridgehead atoms.